The van der Waals surface area contributed by atoms with Gasteiger partial charge in [0, 0.05) is 44.9 Å². The second-order valence-corrected chi connectivity index (χ2v) is 14.2. The summed E-state index contributed by atoms with van der Waals surface area (Å²) >= 11 is 0. The predicted octanol–water partition coefficient (Wildman–Crippen LogP) is 13.3. The molecule has 0 N–H and O–H groups in total. The molecular formula is C52H34N4. The van der Waals surface area contributed by atoms with Crippen molar-refractivity contribution in [1.29, 1.82) is 0 Å². The number of benzene rings is 7. The SMILES string of the molecule is c1ccc(-c2cc(-c3cccc(-n4c5ccccc5c5c(-c6ccc7c8ncccc8n(-c8ccccc8)c7c6)cccc54)c3)cc(-c3ccccc3)n2)cc1. The number of hydrogen-bond donors (Lipinski definition) is 0. The summed E-state index contributed by atoms with van der Waals surface area (Å²) < 4.78 is 4.75. The topological polar surface area (TPSA) is 35.6 Å². The van der Waals surface area contributed by atoms with E-state index in [9.17, 15) is 0 Å². The van der Waals surface area contributed by atoms with Gasteiger partial charge in [0.05, 0.1) is 39.0 Å². The minimum Gasteiger partial charge on any atom is -0.309 e. The average molecular weight is 715 g/mol. The fourth-order valence-electron chi connectivity index (χ4n) is 8.43. The molecule has 4 nitrogen and oxygen atoms in total. The summed E-state index contributed by atoms with van der Waals surface area (Å²) in [5.74, 6) is 0. The van der Waals surface area contributed by atoms with Crippen LogP contribution in [0.3, 0.4) is 0 Å². The predicted molar refractivity (Wildman–Crippen MR) is 232 cm³/mol. The molecule has 11 rings (SSSR count). The number of rotatable bonds is 6. The number of pyridine rings is 2. The Labute approximate surface area is 324 Å². The molecule has 56 heavy (non-hydrogen) atoms. The van der Waals surface area contributed by atoms with Crippen LogP contribution < -0.4 is 0 Å². The first-order valence-corrected chi connectivity index (χ1v) is 19.0. The molecule has 0 fully saturated rings. The Kier molecular flexibility index (Phi) is 7.46. The van der Waals surface area contributed by atoms with Crippen LogP contribution in [0.1, 0.15) is 0 Å². The van der Waals surface area contributed by atoms with Gasteiger partial charge in [0.2, 0.25) is 0 Å². The number of hydrogen-bond acceptors (Lipinski definition) is 2. The first-order valence-electron chi connectivity index (χ1n) is 19.0. The Balaban J connectivity index is 1.10. The first kappa shape index (κ1) is 31.9. The molecule has 0 aliphatic heterocycles. The highest BCUT2D eigenvalue weighted by atomic mass is 15.0. The molecule has 0 radical (unpaired) electrons. The Morgan fingerprint density at radius 1 is 0.339 bits per heavy atom. The monoisotopic (exact) mass is 714 g/mol. The highest BCUT2D eigenvalue weighted by Crippen LogP contribution is 2.41. The molecule has 4 heteroatoms. The van der Waals surface area contributed by atoms with Crippen molar-refractivity contribution in [2.45, 2.75) is 0 Å². The van der Waals surface area contributed by atoms with Gasteiger partial charge in [-0.3, -0.25) is 4.98 Å². The third-order valence-electron chi connectivity index (χ3n) is 10.9. The lowest BCUT2D eigenvalue weighted by molar-refractivity contribution is 1.17. The maximum atomic E-state index is 5.14. The summed E-state index contributed by atoms with van der Waals surface area (Å²) in [4.78, 5) is 9.96. The van der Waals surface area contributed by atoms with Crippen LogP contribution in [0.4, 0.5) is 0 Å². The smallest absolute Gasteiger partial charge is 0.0963 e. The number of para-hydroxylation sites is 2. The van der Waals surface area contributed by atoms with Crippen molar-refractivity contribution in [1.82, 2.24) is 19.1 Å². The van der Waals surface area contributed by atoms with E-state index in [0.29, 0.717) is 0 Å². The second kappa shape index (κ2) is 13.1. The van der Waals surface area contributed by atoms with Gasteiger partial charge in [0.25, 0.3) is 0 Å². The molecule has 7 aromatic carbocycles. The summed E-state index contributed by atoms with van der Waals surface area (Å²) in [5, 5.41) is 3.59. The van der Waals surface area contributed by atoms with E-state index in [-0.39, 0.29) is 0 Å². The maximum Gasteiger partial charge on any atom is 0.0963 e. The van der Waals surface area contributed by atoms with Crippen molar-refractivity contribution in [3.8, 4) is 56.1 Å². The largest absolute Gasteiger partial charge is 0.309 e. The molecule has 0 atom stereocenters. The zero-order valence-corrected chi connectivity index (χ0v) is 30.4. The van der Waals surface area contributed by atoms with E-state index in [1.54, 1.807) is 0 Å². The van der Waals surface area contributed by atoms with Crippen molar-refractivity contribution >= 4 is 43.7 Å². The molecular weight excluding hydrogens is 681 g/mol. The zero-order valence-electron chi connectivity index (χ0n) is 30.4. The molecule has 4 heterocycles. The molecule has 0 aliphatic carbocycles. The van der Waals surface area contributed by atoms with E-state index in [2.05, 4.69) is 191 Å². The summed E-state index contributed by atoms with van der Waals surface area (Å²) in [5.41, 5.74) is 16.5. The molecule has 262 valence electrons. The summed E-state index contributed by atoms with van der Waals surface area (Å²) in [6.07, 6.45) is 1.88. The quantitative estimate of drug-likeness (QED) is 0.172. The highest BCUT2D eigenvalue weighted by molar-refractivity contribution is 6.17. The molecule has 0 saturated heterocycles. The number of fused-ring (bicyclic) bond motifs is 6. The fourth-order valence-corrected chi connectivity index (χ4v) is 8.43. The van der Waals surface area contributed by atoms with Gasteiger partial charge in [0.1, 0.15) is 0 Å². The van der Waals surface area contributed by atoms with Crippen LogP contribution in [0.25, 0.3) is 99.9 Å². The average Bonchev–Trinajstić information content (AvgIpc) is 3.80. The van der Waals surface area contributed by atoms with Crippen LogP contribution in [-0.4, -0.2) is 19.1 Å². The van der Waals surface area contributed by atoms with Crippen LogP contribution in [0, 0.1) is 0 Å². The van der Waals surface area contributed by atoms with E-state index in [1.807, 2.05) is 24.4 Å². The number of aromatic nitrogens is 4. The van der Waals surface area contributed by atoms with E-state index >= 15 is 0 Å². The normalized spacial score (nSPS) is 11.6. The van der Waals surface area contributed by atoms with Gasteiger partial charge >= 0.3 is 0 Å². The Bertz CT molecular complexity index is 3170. The van der Waals surface area contributed by atoms with Crippen LogP contribution >= 0.6 is 0 Å². The third-order valence-corrected chi connectivity index (χ3v) is 10.9. The van der Waals surface area contributed by atoms with Gasteiger partial charge in [-0.2, -0.15) is 0 Å². The van der Waals surface area contributed by atoms with Gasteiger partial charge < -0.3 is 9.13 Å². The van der Waals surface area contributed by atoms with E-state index in [4.69, 9.17) is 9.97 Å². The van der Waals surface area contributed by atoms with Gasteiger partial charge in [-0.1, -0.05) is 127 Å². The first-order chi connectivity index (χ1) is 27.8. The van der Waals surface area contributed by atoms with Gasteiger partial charge in [-0.25, -0.2) is 4.98 Å². The van der Waals surface area contributed by atoms with Crippen molar-refractivity contribution in [3.05, 3.63) is 206 Å². The van der Waals surface area contributed by atoms with Gasteiger partial charge in [-0.05, 0) is 95.1 Å². The maximum absolute atomic E-state index is 5.14. The fraction of sp³-hybridized carbons (Fsp3) is 0. The molecule has 0 bridgehead atoms. The third kappa shape index (κ3) is 5.23. The van der Waals surface area contributed by atoms with Crippen molar-refractivity contribution in [3.63, 3.8) is 0 Å². The molecule has 0 saturated carbocycles. The summed E-state index contributed by atoms with van der Waals surface area (Å²) in [7, 11) is 0. The summed E-state index contributed by atoms with van der Waals surface area (Å²) in [6, 6.07) is 71.3. The molecule has 0 aliphatic rings. The lowest BCUT2D eigenvalue weighted by Crippen LogP contribution is -1.95. The Morgan fingerprint density at radius 2 is 0.946 bits per heavy atom. The van der Waals surface area contributed by atoms with Crippen molar-refractivity contribution in [2.24, 2.45) is 0 Å². The molecule has 0 unspecified atom stereocenters. The van der Waals surface area contributed by atoms with E-state index < -0.39 is 0 Å². The molecule has 11 aromatic rings. The van der Waals surface area contributed by atoms with Crippen molar-refractivity contribution < 1.29 is 0 Å². The van der Waals surface area contributed by atoms with Crippen LogP contribution in [0.5, 0.6) is 0 Å². The Morgan fingerprint density at radius 3 is 1.71 bits per heavy atom. The summed E-state index contributed by atoms with van der Waals surface area (Å²) in [6.45, 7) is 0. The van der Waals surface area contributed by atoms with Crippen LogP contribution in [-0.2, 0) is 0 Å². The van der Waals surface area contributed by atoms with E-state index in [1.165, 1.54) is 27.4 Å². The lowest BCUT2D eigenvalue weighted by Gasteiger charge is -2.13. The number of nitrogens with zero attached hydrogens (tertiary/aromatic N) is 4. The highest BCUT2D eigenvalue weighted by Gasteiger charge is 2.19. The molecule has 0 amide bonds. The minimum atomic E-state index is 0.952. The zero-order chi connectivity index (χ0) is 37.0. The van der Waals surface area contributed by atoms with E-state index in [0.717, 1.165) is 72.5 Å². The molecule has 4 aromatic heterocycles. The van der Waals surface area contributed by atoms with Crippen LogP contribution in [0.15, 0.2) is 206 Å². The lowest BCUT2D eigenvalue weighted by atomic mass is 9.98. The minimum absolute atomic E-state index is 0.952. The van der Waals surface area contributed by atoms with Gasteiger partial charge in [0.15, 0.2) is 0 Å². The molecule has 0 spiro atoms. The van der Waals surface area contributed by atoms with Crippen LogP contribution in [0.2, 0.25) is 0 Å². The standard InChI is InChI=1S/C52H34N4/c1-4-15-35(16-5-1)45-32-39(33-46(54-45)36-17-6-2-7-18-36)37-19-12-22-41(31-37)56-47-25-11-10-23-43(47)51-42(24-13-26-48(51)56)38-28-29-44-50(34-38)55(40-20-8-3-9-21-40)49-27-14-30-53-52(44)49/h1-34H. The Hall–Kier alpha value is -7.56. The second-order valence-electron chi connectivity index (χ2n) is 14.2. The van der Waals surface area contributed by atoms with Crippen molar-refractivity contribution in [2.75, 3.05) is 0 Å². The van der Waals surface area contributed by atoms with Gasteiger partial charge in [-0.15, -0.1) is 0 Å².